The lowest BCUT2D eigenvalue weighted by Gasteiger charge is -2.38. The number of hydrogen-bond acceptors (Lipinski definition) is 3. The fourth-order valence-electron chi connectivity index (χ4n) is 3.56. The van der Waals surface area contributed by atoms with E-state index >= 15 is 0 Å². The Morgan fingerprint density at radius 3 is 2.53 bits per heavy atom. The molecule has 2 aliphatic rings. The van der Waals surface area contributed by atoms with Crippen molar-refractivity contribution in [2.45, 2.75) is 63.0 Å². The molecule has 2 unspecified atom stereocenters. The summed E-state index contributed by atoms with van der Waals surface area (Å²) < 4.78 is 0. The quantitative estimate of drug-likeness (QED) is 0.818. The first-order valence-corrected chi connectivity index (χ1v) is 6.97. The fraction of sp³-hybridized carbons (Fsp3) is 0.929. The molecule has 0 aromatic heterocycles. The van der Waals surface area contributed by atoms with Crippen LogP contribution in [-0.2, 0) is 0 Å². The Bertz CT molecular complexity index is 291. The van der Waals surface area contributed by atoms with Gasteiger partial charge in [-0.15, -0.1) is 0 Å². The second-order valence-corrected chi connectivity index (χ2v) is 5.93. The molecular formula is C14H24N2O. The third-order valence-corrected chi connectivity index (χ3v) is 4.54. The largest absolute Gasteiger partial charge is 0.389 e. The zero-order valence-electron chi connectivity index (χ0n) is 10.9. The lowest BCUT2D eigenvalue weighted by Crippen LogP contribution is -2.47. The van der Waals surface area contributed by atoms with Crippen LogP contribution in [0, 0.1) is 17.2 Å². The molecule has 2 saturated carbocycles. The number of aliphatic hydroxyl groups is 1. The van der Waals surface area contributed by atoms with Gasteiger partial charge in [-0.1, -0.05) is 25.7 Å². The van der Waals surface area contributed by atoms with Gasteiger partial charge >= 0.3 is 0 Å². The lowest BCUT2D eigenvalue weighted by atomic mass is 9.84. The Balaban J connectivity index is 1.94. The van der Waals surface area contributed by atoms with E-state index in [1.807, 2.05) is 0 Å². The summed E-state index contributed by atoms with van der Waals surface area (Å²) >= 11 is 0. The lowest BCUT2D eigenvalue weighted by molar-refractivity contribution is -0.00423. The van der Waals surface area contributed by atoms with Crippen LogP contribution in [0.15, 0.2) is 0 Å². The highest BCUT2D eigenvalue weighted by Gasteiger charge is 2.36. The molecule has 0 radical (unpaired) electrons. The van der Waals surface area contributed by atoms with Gasteiger partial charge in [-0.2, -0.15) is 5.26 Å². The summed E-state index contributed by atoms with van der Waals surface area (Å²) in [5.41, 5.74) is -0.480. The zero-order valence-corrected chi connectivity index (χ0v) is 10.9. The Morgan fingerprint density at radius 2 is 1.88 bits per heavy atom. The summed E-state index contributed by atoms with van der Waals surface area (Å²) in [6.07, 6.45) is 8.73. The maximum Gasteiger partial charge on any atom is 0.0774 e. The van der Waals surface area contributed by atoms with Crippen LogP contribution in [0.4, 0.5) is 0 Å². The molecule has 2 rings (SSSR count). The minimum atomic E-state index is -0.480. The van der Waals surface area contributed by atoms with Crippen LogP contribution in [0.5, 0.6) is 0 Å². The van der Waals surface area contributed by atoms with Crippen molar-refractivity contribution in [3.8, 4) is 6.07 Å². The van der Waals surface area contributed by atoms with Gasteiger partial charge in [0.1, 0.15) is 0 Å². The molecule has 0 heterocycles. The number of likely N-dealkylation sites (N-methyl/N-ethyl adjacent to an activating group) is 1. The van der Waals surface area contributed by atoms with Crippen molar-refractivity contribution in [2.24, 2.45) is 5.92 Å². The van der Waals surface area contributed by atoms with Crippen LogP contribution >= 0.6 is 0 Å². The van der Waals surface area contributed by atoms with Crippen molar-refractivity contribution in [3.63, 3.8) is 0 Å². The molecular weight excluding hydrogens is 212 g/mol. The van der Waals surface area contributed by atoms with E-state index in [1.54, 1.807) is 0 Å². The summed E-state index contributed by atoms with van der Waals surface area (Å²) in [5, 5.41) is 19.6. The minimum absolute atomic E-state index is 0.166. The summed E-state index contributed by atoms with van der Waals surface area (Å²) in [5.74, 6) is 0.166. The molecule has 96 valence electrons. The molecule has 2 fully saturated rings. The van der Waals surface area contributed by atoms with Gasteiger partial charge in [0, 0.05) is 12.6 Å². The average molecular weight is 236 g/mol. The molecule has 2 aliphatic carbocycles. The smallest absolute Gasteiger partial charge is 0.0774 e. The zero-order chi connectivity index (χ0) is 12.3. The molecule has 0 spiro atoms. The second-order valence-electron chi connectivity index (χ2n) is 5.93. The van der Waals surface area contributed by atoms with E-state index in [4.69, 9.17) is 0 Å². The summed E-state index contributed by atoms with van der Waals surface area (Å²) in [7, 11) is 2.08. The molecule has 3 nitrogen and oxygen atoms in total. The van der Waals surface area contributed by atoms with Crippen molar-refractivity contribution in [1.82, 2.24) is 4.90 Å². The van der Waals surface area contributed by atoms with Crippen LogP contribution in [0.1, 0.15) is 51.4 Å². The van der Waals surface area contributed by atoms with Gasteiger partial charge in [-0.05, 0) is 32.7 Å². The summed E-state index contributed by atoms with van der Waals surface area (Å²) in [4.78, 5) is 2.25. The third kappa shape index (κ3) is 3.00. The van der Waals surface area contributed by atoms with E-state index in [0.29, 0.717) is 6.04 Å². The maximum atomic E-state index is 10.4. The fourth-order valence-corrected chi connectivity index (χ4v) is 3.56. The van der Waals surface area contributed by atoms with Gasteiger partial charge in [0.25, 0.3) is 0 Å². The molecule has 0 aromatic rings. The van der Waals surface area contributed by atoms with E-state index in [0.717, 1.165) is 45.1 Å². The van der Waals surface area contributed by atoms with E-state index in [9.17, 15) is 10.4 Å². The number of nitrogens with zero attached hydrogens (tertiary/aromatic N) is 2. The van der Waals surface area contributed by atoms with Crippen molar-refractivity contribution >= 4 is 0 Å². The molecule has 0 bridgehead atoms. The summed E-state index contributed by atoms with van der Waals surface area (Å²) in [6.45, 7) is 0.746. The highest BCUT2D eigenvalue weighted by Crippen LogP contribution is 2.33. The first-order chi connectivity index (χ1) is 8.14. The van der Waals surface area contributed by atoms with Crippen LogP contribution in [0.25, 0.3) is 0 Å². The first kappa shape index (κ1) is 12.9. The second kappa shape index (κ2) is 5.37. The minimum Gasteiger partial charge on any atom is -0.389 e. The monoisotopic (exact) mass is 236 g/mol. The molecule has 0 saturated heterocycles. The topological polar surface area (TPSA) is 47.3 Å². The van der Waals surface area contributed by atoms with Gasteiger partial charge in [0.2, 0.25) is 0 Å². The number of hydrogen-bond donors (Lipinski definition) is 1. The highest BCUT2D eigenvalue weighted by atomic mass is 16.3. The Morgan fingerprint density at radius 1 is 1.24 bits per heavy atom. The molecule has 0 amide bonds. The van der Waals surface area contributed by atoms with E-state index in [1.165, 1.54) is 12.8 Å². The number of nitriles is 1. The predicted octanol–water partition coefficient (Wildman–Crippen LogP) is 2.31. The predicted molar refractivity (Wildman–Crippen MR) is 67.4 cm³/mol. The molecule has 1 N–H and O–H groups in total. The molecule has 0 aromatic carbocycles. The Labute approximate surface area is 104 Å². The van der Waals surface area contributed by atoms with E-state index in [2.05, 4.69) is 18.0 Å². The van der Waals surface area contributed by atoms with Crippen LogP contribution < -0.4 is 0 Å². The molecule has 3 heteroatoms. The van der Waals surface area contributed by atoms with Crippen molar-refractivity contribution in [2.75, 3.05) is 13.6 Å². The molecule has 0 aliphatic heterocycles. The molecule has 2 atom stereocenters. The van der Waals surface area contributed by atoms with Crippen LogP contribution in [-0.4, -0.2) is 35.2 Å². The normalized spacial score (nSPS) is 32.6. The van der Waals surface area contributed by atoms with Crippen molar-refractivity contribution < 1.29 is 5.11 Å². The van der Waals surface area contributed by atoms with Gasteiger partial charge in [-0.25, -0.2) is 0 Å². The van der Waals surface area contributed by atoms with Crippen LogP contribution in [0.3, 0.4) is 0 Å². The molecule has 17 heavy (non-hydrogen) atoms. The number of rotatable bonds is 3. The highest BCUT2D eigenvalue weighted by molar-refractivity contribution is 4.97. The van der Waals surface area contributed by atoms with Crippen LogP contribution in [0.2, 0.25) is 0 Å². The first-order valence-electron chi connectivity index (χ1n) is 6.97. The van der Waals surface area contributed by atoms with E-state index in [-0.39, 0.29) is 5.92 Å². The van der Waals surface area contributed by atoms with Gasteiger partial charge in [-0.3, -0.25) is 4.90 Å². The van der Waals surface area contributed by atoms with Crippen molar-refractivity contribution in [3.05, 3.63) is 0 Å². The summed E-state index contributed by atoms with van der Waals surface area (Å²) in [6, 6.07) is 2.81. The Kier molecular flexibility index (Phi) is 4.06. The van der Waals surface area contributed by atoms with Gasteiger partial charge in [0.05, 0.1) is 17.6 Å². The van der Waals surface area contributed by atoms with Gasteiger partial charge in [0.15, 0.2) is 0 Å². The maximum absolute atomic E-state index is 10.4. The van der Waals surface area contributed by atoms with E-state index < -0.39 is 5.60 Å². The Hall–Kier alpha value is -0.590. The van der Waals surface area contributed by atoms with Gasteiger partial charge < -0.3 is 5.11 Å². The third-order valence-electron chi connectivity index (χ3n) is 4.54. The average Bonchev–Trinajstić information content (AvgIpc) is 2.75. The standard InChI is InChI=1S/C14H24N2O/c1-16(11-14(17)8-4-5-9-14)13-7-3-2-6-12(13)10-15/h12-13,17H,2-9,11H2,1H3. The van der Waals surface area contributed by atoms with Crippen molar-refractivity contribution in [1.29, 1.82) is 5.26 Å². The SMILES string of the molecule is CN(CC1(O)CCCC1)C1CCCCC1C#N.